The number of halogens is 3. The van der Waals surface area contributed by atoms with E-state index in [0.29, 0.717) is 6.07 Å². The second-order valence-electron chi connectivity index (χ2n) is 3.17. The van der Waals surface area contributed by atoms with Crippen molar-refractivity contribution < 1.29 is 38.4 Å². The third-order valence-corrected chi connectivity index (χ3v) is 1.96. The van der Waals surface area contributed by atoms with E-state index in [1.807, 2.05) is 0 Å². The van der Waals surface area contributed by atoms with E-state index in [0.717, 1.165) is 0 Å². The number of rotatable bonds is 2. The summed E-state index contributed by atoms with van der Waals surface area (Å²) in [5.41, 5.74) is -2.54. The van der Waals surface area contributed by atoms with Crippen molar-refractivity contribution in [2.24, 2.45) is 0 Å². The van der Waals surface area contributed by atoms with E-state index in [2.05, 4.69) is 0 Å². The van der Waals surface area contributed by atoms with E-state index in [1.165, 1.54) is 0 Å². The van der Waals surface area contributed by atoms with Gasteiger partial charge in [0.05, 0.1) is 0 Å². The molecule has 1 atom stereocenters. The largest absolute Gasteiger partial charge is 0.508 e. The maximum Gasteiger partial charge on any atom is 0.420 e. The summed E-state index contributed by atoms with van der Waals surface area (Å²) in [5, 5.41) is 35.7. The van der Waals surface area contributed by atoms with E-state index in [9.17, 15) is 23.1 Å². The van der Waals surface area contributed by atoms with Crippen LogP contribution < -0.4 is 0 Å². The zero-order valence-corrected chi connectivity index (χ0v) is 8.06. The smallest absolute Gasteiger partial charge is 0.420 e. The summed E-state index contributed by atoms with van der Waals surface area (Å²) in [6.07, 6.45) is -7.33. The van der Waals surface area contributed by atoms with Crippen molar-refractivity contribution in [2.45, 2.75) is 12.3 Å². The molecular weight excluding hydrogens is 245 g/mol. The highest BCUT2D eigenvalue weighted by Gasteiger charge is 2.37. The Kier molecular flexibility index (Phi) is 3.18. The average Bonchev–Trinajstić information content (AvgIpc) is 2.18. The van der Waals surface area contributed by atoms with Gasteiger partial charge in [0, 0.05) is 5.56 Å². The van der Waals surface area contributed by atoms with Crippen LogP contribution in [0.5, 0.6) is 11.5 Å². The molecule has 0 spiro atoms. The first-order valence-corrected chi connectivity index (χ1v) is 4.18. The molecule has 1 unspecified atom stereocenters. The zero-order valence-electron chi connectivity index (χ0n) is 8.06. The van der Waals surface area contributed by atoms with Gasteiger partial charge in [-0.25, -0.2) is 4.79 Å². The number of aliphatic carboxylic acids is 1. The van der Waals surface area contributed by atoms with E-state index in [1.54, 1.807) is 0 Å². The van der Waals surface area contributed by atoms with Crippen LogP contribution in [0.2, 0.25) is 0 Å². The predicted octanol–water partition coefficient (Wildman–Crippen LogP) is 1.23. The minimum Gasteiger partial charge on any atom is -0.508 e. The summed E-state index contributed by atoms with van der Waals surface area (Å²) < 4.78 is 37.1. The van der Waals surface area contributed by atoms with Gasteiger partial charge in [-0.1, -0.05) is 0 Å². The third-order valence-electron chi connectivity index (χ3n) is 1.96. The molecule has 94 valence electrons. The van der Waals surface area contributed by atoms with Gasteiger partial charge in [0.25, 0.3) is 0 Å². The van der Waals surface area contributed by atoms with Crippen LogP contribution in [-0.4, -0.2) is 26.4 Å². The van der Waals surface area contributed by atoms with Crippen molar-refractivity contribution in [3.8, 4) is 11.5 Å². The monoisotopic (exact) mass is 252 g/mol. The molecule has 0 aliphatic carbocycles. The molecule has 0 saturated heterocycles. The molecule has 0 heterocycles. The number of aliphatic hydroxyl groups is 1. The van der Waals surface area contributed by atoms with E-state index < -0.39 is 40.9 Å². The van der Waals surface area contributed by atoms with Gasteiger partial charge >= 0.3 is 12.1 Å². The summed E-state index contributed by atoms with van der Waals surface area (Å²) in [4.78, 5) is 10.4. The first kappa shape index (κ1) is 13.1. The van der Waals surface area contributed by atoms with Crippen LogP contribution in [0.3, 0.4) is 0 Å². The lowest BCUT2D eigenvalue weighted by atomic mass is 10.0. The molecule has 0 amide bonds. The Hall–Kier alpha value is -1.96. The number of carbonyl (C=O) groups is 1. The highest BCUT2D eigenvalue weighted by molar-refractivity contribution is 5.75. The number of carboxylic acid groups (broad SMARTS) is 1. The lowest BCUT2D eigenvalue weighted by molar-refractivity contribution is -0.147. The molecule has 0 fully saturated rings. The number of phenolic OH excluding ortho intramolecular Hbond substituents is 2. The normalized spacial score (nSPS) is 13.4. The third kappa shape index (κ3) is 2.59. The molecule has 0 aliphatic heterocycles. The number of aromatic hydroxyl groups is 2. The summed E-state index contributed by atoms with van der Waals surface area (Å²) >= 11 is 0. The van der Waals surface area contributed by atoms with Gasteiger partial charge in [0.1, 0.15) is 17.1 Å². The van der Waals surface area contributed by atoms with Crippen LogP contribution in [0, 0.1) is 0 Å². The Morgan fingerprint density at radius 1 is 1.24 bits per heavy atom. The maximum absolute atomic E-state index is 12.4. The van der Waals surface area contributed by atoms with Crippen LogP contribution >= 0.6 is 0 Å². The van der Waals surface area contributed by atoms with Gasteiger partial charge in [-0.05, 0) is 12.1 Å². The molecule has 0 bridgehead atoms. The lowest BCUT2D eigenvalue weighted by Crippen LogP contribution is -2.13. The van der Waals surface area contributed by atoms with Crippen molar-refractivity contribution in [1.82, 2.24) is 0 Å². The van der Waals surface area contributed by atoms with Crippen molar-refractivity contribution in [3.05, 3.63) is 23.3 Å². The molecule has 5 nitrogen and oxygen atoms in total. The van der Waals surface area contributed by atoms with E-state index in [-0.39, 0.29) is 6.07 Å². The first-order valence-electron chi connectivity index (χ1n) is 4.18. The Morgan fingerprint density at radius 3 is 2.18 bits per heavy atom. The molecule has 4 N–H and O–H groups in total. The van der Waals surface area contributed by atoms with Gasteiger partial charge < -0.3 is 20.4 Å². The van der Waals surface area contributed by atoms with Crippen LogP contribution in [0.15, 0.2) is 12.1 Å². The Bertz CT molecular complexity index is 455. The molecule has 1 aromatic rings. The maximum atomic E-state index is 12.4. The SMILES string of the molecule is O=C(O)C(O)c1cc(O)cc(C(F)(F)F)c1O. The summed E-state index contributed by atoms with van der Waals surface area (Å²) in [7, 11) is 0. The fourth-order valence-electron chi connectivity index (χ4n) is 1.20. The minimum atomic E-state index is -4.98. The van der Waals surface area contributed by atoms with Crippen LogP contribution in [0.25, 0.3) is 0 Å². The fraction of sp³-hybridized carbons (Fsp3) is 0.222. The van der Waals surface area contributed by atoms with Crippen LogP contribution in [-0.2, 0) is 11.0 Å². The molecule has 0 saturated carbocycles. The summed E-state index contributed by atoms with van der Waals surface area (Å²) in [6, 6.07) is 0.775. The number of aliphatic hydroxyl groups excluding tert-OH is 1. The number of carboxylic acids is 1. The second-order valence-corrected chi connectivity index (χ2v) is 3.17. The molecule has 1 rings (SSSR count). The quantitative estimate of drug-likeness (QED) is 0.593. The van der Waals surface area contributed by atoms with Crippen molar-refractivity contribution >= 4 is 5.97 Å². The Balaban J connectivity index is 3.44. The van der Waals surface area contributed by atoms with E-state index in [4.69, 9.17) is 15.3 Å². The number of hydrogen-bond donors (Lipinski definition) is 4. The average molecular weight is 252 g/mol. The van der Waals surface area contributed by atoms with Gasteiger partial charge in [0.15, 0.2) is 6.10 Å². The second kappa shape index (κ2) is 4.13. The molecule has 8 heteroatoms. The Labute approximate surface area is 92.4 Å². The lowest BCUT2D eigenvalue weighted by Gasteiger charge is -2.14. The van der Waals surface area contributed by atoms with Gasteiger partial charge in [-0.3, -0.25) is 0 Å². The zero-order chi connectivity index (χ0) is 13.4. The first-order chi connectivity index (χ1) is 7.64. The van der Waals surface area contributed by atoms with Crippen LogP contribution in [0.4, 0.5) is 13.2 Å². The molecule has 17 heavy (non-hydrogen) atoms. The molecule has 0 aliphatic rings. The fourth-order valence-corrected chi connectivity index (χ4v) is 1.20. The molecule has 0 radical (unpaired) electrons. The molecule has 1 aromatic carbocycles. The summed E-state index contributed by atoms with van der Waals surface area (Å²) in [6.45, 7) is 0. The number of alkyl halides is 3. The Morgan fingerprint density at radius 2 is 1.76 bits per heavy atom. The van der Waals surface area contributed by atoms with E-state index >= 15 is 0 Å². The highest BCUT2D eigenvalue weighted by atomic mass is 19.4. The topological polar surface area (TPSA) is 98.0 Å². The predicted molar refractivity (Wildman–Crippen MR) is 47.4 cm³/mol. The van der Waals surface area contributed by atoms with Crippen molar-refractivity contribution in [1.29, 1.82) is 0 Å². The van der Waals surface area contributed by atoms with Crippen molar-refractivity contribution in [3.63, 3.8) is 0 Å². The molecular formula is C9H7F3O5. The van der Waals surface area contributed by atoms with Crippen molar-refractivity contribution in [2.75, 3.05) is 0 Å². The van der Waals surface area contributed by atoms with Crippen LogP contribution in [0.1, 0.15) is 17.2 Å². The minimum absolute atomic E-state index is 0.230. The number of hydrogen-bond acceptors (Lipinski definition) is 4. The van der Waals surface area contributed by atoms with Gasteiger partial charge in [-0.15, -0.1) is 0 Å². The number of phenols is 2. The number of benzene rings is 1. The summed E-state index contributed by atoms with van der Waals surface area (Å²) in [5.74, 6) is -4.19. The van der Waals surface area contributed by atoms with Gasteiger partial charge in [0.2, 0.25) is 0 Å². The van der Waals surface area contributed by atoms with Gasteiger partial charge in [-0.2, -0.15) is 13.2 Å². The molecule has 0 aromatic heterocycles. The standard InChI is InChI=1S/C9H7F3O5/c10-9(11,12)5-2-3(13)1-4(6(5)14)7(15)8(16)17/h1-2,7,13-15H,(H,16,17). The highest BCUT2D eigenvalue weighted by Crippen LogP contribution is 2.41.